The molecule has 2 rings (SSSR count). The number of aromatic nitrogens is 2. The molecule has 0 atom stereocenters. The quantitative estimate of drug-likeness (QED) is 0.767. The van der Waals surface area contributed by atoms with Crippen LogP contribution < -0.4 is 5.73 Å². The molecule has 3 nitrogen and oxygen atoms in total. The Hall–Kier alpha value is -1.06. The second kappa shape index (κ2) is 3.36. The summed E-state index contributed by atoms with van der Waals surface area (Å²) in [6.07, 6.45) is 0.802. The van der Waals surface area contributed by atoms with Crippen molar-refractivity contribution in [1.29, 1.82) is 0 Å². The van der Waals surface area contributed by atoms with Crippen LogP contribution in [-0.2, 0) is 6.42 Å². The molecule has 0 aliphatic carbocycles. The Kier molecular flexibility index (Phi) is 2.20. The van der Waals surface area contributed by atoms with E-state index in [1.54, 1.807) is 0 Å². The third-order valence-electron chi connectivity index (χ3n) is 2.01. The average Bonchev–Trinajstić information content (AvgIpc) is 2.51. The topological polar surface area (TPSA) is 54.7 Å². The van der Waals surface area contributed by atoms with Gasteiger partial charge in [0.25, 0.3) is 0 Å². The minimum absolute atomic E-state index is 0.615. The lowest BCUT2D eigenvalue weighted by Crippen LogP contribution is -2.03. The Bertz CT molecular complexity index is 422. The van der Waals surface area contributed by atoms with Gasteiger partial charge >= 0.3 is 0 Å². The Morgan fingerprint density at radius 2 is 2.31 bits per heavy atom. The van der Waals surface area contributed by atoms with Crippen LogP contribution >= 0.6 is 11.6 Å². The molecule has 0 unspecified atom stereocenters. The molecule has 0 radical (unpaired) electrons. The zero-order chi connectivity index (χ0) is 9.26. The van der Waals surface area contributed by atoms with Crippen molar-refractivity contribution >= 4 is 22.5 Å². The predicted molar refractivity (Wildman–Crippen MR) is 53.9 cm³/mol. The molecule has 0 saturated carbocycles. The highest BCUT2D eigenvalue weighted by Gasteiger charge is 2.06. The number of H-pyrrole nitrogens is 1. The van der Waals surface area contributed by atoms with Crippen molar-refractivity contribution < 1.29 is 0 Å². The van der Waals surface area contributed by atoms with Crippen LogP contribution in [0.1, 0.15) is 5.69 Å². The van der Waals surface area contributed by atoms with Crippen LogP contribution in [0.25, 0.3) is 10.9 Å². The van der Waals surface area contributed by atoms with E-state index in [2.05, 4.69) is 10.2 Å². The van der Waals surface area contributed by atoms with E-state index in [0.717, 1.165) is 23.0 Å². The van der Waals surface area contributed by atoms with E-state index in [4.69, 9.17) is 17.3 Å². The molecule has 1 heterocycles. The number of benzene rings is 1. The van der Waals surface area contributed by atoms with E-state index in [9.17, 15) is 0 Å². The van der Waals surface area contributed by atoms with Crippen molar-refractivity contribution in [2.45, 2.75) is 6.42 Å². The monoisotopic (exact) mass is 195 g/mol. The number of nitrogens with two attached hydrogens (primary N) is 1. The van der Waals surface area contributed by atoms with Crippen molar-refractivity contribution in [1.82, 2.24) is 10.2 Å². The van der Waals surface area contributed by atoms with Gasteiger partial charge in [0.15, 0.2) is 0 Å². The first kappa shape index (κ1) is 8.53. The molecule has 0 amide bonds. The van der Waals surface area contributed by atoms with Crippen LogP contribution in [0, 0.1) is 0 Å². The summed E-state index contributed by atoms with van der Waals surface area (Å²) in [6, 6.07) is 5.74. The van der Waals surface area contributed by atoms with Gasteiger partial charge in [-0.1, -0.05) is 23.7 Å². The predicted octanol–water partition coefficient (Wildman–Crippen LogP) is 1.72. The van der Waals surface area contributed by atoms with Crippen LogP contribution in [-0.4, -0.2) is 16.7 Å². The van der Waals surface area contributed by atoms with Crippen molar-refractivity contribution in [2.75, 3.05) is 6.54 Å². The number of rotatable bonds is 2. The molecule has 0 saturated heterocycles. The Morgan fingerprint density at radius 3 is 3.08 bits per heavy atom. The summed E-state index contributed by atoms with van der Waals surface area (Å²) in [4.78, 5) is 0. The number of fused-ring (bicyclic) bond motifs is 1. The van der Waals surface area contributed by atoms with Crippen molar-refractivity contribution in [3.63, 3.8) is 0 Å². The fourth-order valence-corrected chi connectivity index (χ4v) is 1.61. The van der Waals surface area contributed by atoms with E-state index < -0.39 is 0 Å². The lowest BCUT2D eigenvalue weighted by molar-refractivity contribution is 0.909. The van der Waals surface area contributed by atoms with Crippen molar-refractivity contribution in [2.24, 2.45) is 5.73 Å². The first-order chi connectivity index (χ1) is 6.33. The van der Waals surface area contributed by atoms with Crippen LogP contribution in [0.4, 0.5) is 0 Å². The highest BCUT2D eigenvalue weighted by Crippen LogP contribution is 2.23. The summed E-state index contributed by atoms with van der Waals surface area (Å²) < 4.78 is 0. The van der Waals surface area contributed by atoms with Crippen molar-refractivity contribution in [3.8, 4) is 0 Å². The smallest absolute Gasteiger partial charge is 0.111 e. The van der Waals surface area contributed by atoms with Gasteiger partial charge in [-0.25, -0.2) is 0 Å². The van der Waals surface area contributed by atoms with Gasteiger partial charge in [-0.3, -0.25) is 5.10 Å². The third-order valence-corrected chi connectivity index (χ3v) is 2.31. The normalized spacial score (nSPS) is 10.9. The molecule has 0 bridgehead atoms. The van der Waals surface area contributed by atoms with Gasteiger partial charge < -0.3 is 5.73 Å². The van der Waals surface area contributed by atoms with Gasteiger partial charge in [-0.05, 0) is 12.6 Å². The Labute approximate surface area is 80.9 Å². The average molecular weight is 196 g/mol. The largest absolute Gasteiger partial charge is 0.330 e. The molecule has 0 spiro atoms. The maximum Gasteiger partial charge on any atom is 0.111 e. The van der Waals surface area contributed by atoms with Gasteiger partial charge in [0, 0.05) is 17.5 Å². The number of aromatic amines is 1. The maximum absolute atomic E-state index is 5.96. The second-order valence-corrected chi connectivity index (χ2v) is 3.28. The number of hydrogen-bond donors (Lipinski definition) is 2. The van der Waals surface area contributed by atoms with Crippen LogP contribution in [0.2, 0.25) is 5.02 Å². The fourth-order valence-electron chi connectivity index (χ4n) is 1.39. The van der Waals surface area contributed by atoms with Crippen LogP contribution in [0.5, 0.6) is 0 Å². The summed E-state index contributed by atoms with van der Waals surface area (Å²) in [5.74, 6) is 0. The summed E-state index contributed by atoms with van der Waals surface area (Å²) in [5, 5.41) is 8.81. The van der Waals surface area contributed by atoms with Crippen LogP contribution in [0.3, 0.4) is 0 Å². The minimum atomic E-state index is 0.615. The summed E-state index contributed by atoms with van der Waals surface area (Å²) in [7, 11) is 0. The van der Waals surface area contributed by atoms with Crippen LogP contribution in [0.15, 0.2) is 18.2 Å². The first-order valence-electron chi connectivity index (χ1n) is 4.14. The highest BCUT2D eigenvalue weighted by atomic mass is 35.5. The van der Waals surface area contributed by atoms with E-state index >= 15 is 0 Å². The molecule has 0 aliphatic heterocycles. The first-order valence-corrected chi connectivity index (χ1v) is 4.52. The summed E-state index contributed by atoms with van der Waals surface area (Å²) in [5.41, 5.74) is 7.35. The second-order valence-electron chi connectivity index (χ2n) is 2.88. The zero-order valence-electron chi connectivity index (χ0n) is 7.05. The number of nitrogens with one attached hydrogen (secondary N) is 1. The number of para-hydroxylation sites is 1. The molecule has 13 heavy (non-hydrogen) atoms. The molecular formula is C9H10ClN3. The Balaban J connectivity index is 2.61. The number of hydrogen-bond acceptors (Lipinski definition) is 2. The third kappa shape index (κ3) is 1.41. The molecule has 2 aromatic rings. The molecule has 1 aromatic carbocycles. The lowest BCUT2D eigenvalue weighted by Gasteiger charge is -1.94. The van der Waals surface area contributed by atoms with E-state index in [-0.39, 0.29) is 0 Å². The Morgan fingerprint density at radius 1 is 1.46 bits per heavy atom. The SMILES string of the molecule is NCCc1[nH]nc2c(Cl)cccc12. The van der Waals surface area contributed by atoms with Gasteiger partial charge in [-0.2, -0.15) is 5.10 Å². The van der Waals surface area contributed by atoms with Gasteiger partial charge in [0.2, 0.25) is 0 Å². The van der Waals surface area contributed by atoms with E-state index in [0.29, 0.717) is 11.6 Å². The van der Waals surface area contributed by atoms with Gasteiger partial charge in [0.1, 0.15) is 5.52 Å². The van der Waals surface area contributed by atoms with Gasteiger partial charge in [0.05, 0.1) is 5.02 Å². The molecule has 4 heteroatoms. The maximum atomic E-state index is 5.96. The summed E-state index contributed by atoms with van der Waals surface area (Å²) >= 11 is 5.96. The summed E-state index contributed by atoms with van der Waals surface area (Å²) in [6.45, 7) is 0.615. The van der Waals surface area contributed by atoms with Crippen molar-refractivity contribution in [3.05, 3.63) is 28.9 Å². The minimum Gasteiger partial charge on any atom is -0.330 e. The molecule has 0 fully saturated rings. The van der Waals surface area contributed by atoms with E-state index in [1.807, 2.05) is 18.2 Å². The number of nitrogens with zero attached hydrogens (tertiary/aromatic N) is 1. The molecule has 1 aromatic heterocycles. The van der Waals surface area contributed by atoms with E-state index in [1.165, 1.54) is 0 Å². The van der Waals surface area contributed by atoms with Gasteiger partial charge in [-0.15, -0.1) is 0 Å². The fraction of sp³-hybridized carbons (Fsp3) is 0.222. The standard InChI is InChI=1S/C9H10ClN3/c10-7-3-1-2-6-8(4-5-11)12-13-9(6)7/h1-3H,4-5,11H2,(H,12,13). The molecular weight excluding hydrogens is 186 g/mol. The lowest BCUT2D eigenvalue weighted by atomic mass is 10.2. The number of halogens is 1. The molecule has 0 aliphatic rings. The molecule has 3 N–H and O–H groups in total. The molecule has 68 valence electrons. The zero-order valence-corrected chi connectivity index (χ0v) is 7.80. The highest BCUT2D eigenvalue weighted by molar-refractivity contribution is 6.35.